The Balaban J connectivity index is -0.000000344. The van der Waals surface area contributed by atoms with Crippen molar-refractivity contribution in [2.45, 2.75) is 75.3 Å². The van der Waals surface area contributed by atoms with E-state index in [1.54, 1.807) is 41.5 Å². The maximum absolute atomic E-state index is 10.8. The van der Waals surface area contributed by atoms with Crippen LogP contribution in [0.3, 0.4) is 0 Å². The predicted octanol–water partition coefficient (Wildman–Crippen LogP) is 0.470. The molecule has 8 heteroatoms. The van der Waals surface area contributed by atoms with E-state index in [1.165, 1.54) is 13.8 Å². The number of Topliss-reactive ketones (excluding diaryl/α,β-unsaturated/α-hetero) is 2. The molecule has 0 saturated carbocycles. The van der Waals surface area contributed by atoms with Gasteiger partial charge in [0.2, 0.25) is 0 Å². The molecule has 0 N–H and O–H groups in total. The normalized spacial score (nSPS) is 13.4. The first-order valence-electron chi connectivity index (χ1n) is 8.58. The minimum atomic E-state index is -1.29. The van der Waals surface area contributed by atoms with E-state index in [9.17, 15) is 29.4 Å². The molecular formula is C19H33AlO7. The van der Waals surface area contributed by atoms with Gasteiger partial charge < -0.3 is 19.8 Å². The summed E-state index contributed by atoms with van der Waals surface area (Å²) in [5.41, 5.74) is -1.10. The molecule has 0 radical (unpaired) electrons. The molecule has 0 fully saturated rings. The van der Waals surface area contributed by atoms with Gasteiger partial charge in [-0.2, -0.15) is 0 Å². The summed E-state index contributed by atoms with van der Waals surface area (Å²) >= 11 is 2.19. The SMILES string of the molecule is CC(=O)C(C(=O)[O-])C(C)(C)C.CC(=O)C(C(=O)[O-])C(C)(C)C.CC(C)[O][Al+2]. The van der Waals surface area contributed by atoms with Crippen molar-refractivity contribution in [3.63, 3.8) is 0 Å². The Bertz CT molecular complexity index is 429. The van der Waals surface area contributed by atoms with Crippen LogP contribution in [0.4, 0.5) is 0 Å². The monoisotopic (exact) mass is 400 g/mol. The molecule has 27 heavy (non-hydrogen) atoms. The zero-order chi connectivity index (χ0) is 22.7. The first-order valence-corrected chi connectivity index (χ1v) is 9.05. The van der Waals surface area contributed by atoms with Crippen molar-refractivity contribution in [3.8, 4) is 0 Å². The van der Waals surface area contributed by atoms with E-state index in [2.05, 4.69) is 20.4 Å². The summed E-state index contributed by atoms with van der Waals surface area (Å²) < 4.78 is 4.67. The van der Waals surface area contributed by atoms with E-state index < -0.39 is 34.6 Å². The Kier molecular flexibility index (Phi) is 14.7. The van der Waals surface area contributed by atoms with Crippen LogP contribution in [-0.2, 0) is 23.0 Å². The van der Waals surface area contributed by atoms with Crippen LogP contribution in [0, 0.1) is 22.7 Å². The second kappa shape index (κ2) is 13.0. The van der Waals surface area contributed by atoms with Gasteiger partial charge in [0.25, 0.3) is 0 Å². The number of carbonyl (C=O) groups is 4. The summed E-state index contributed by atoms with van der Waals surface area (Å²) in [6, 6.07) is 0. The fraction of sp³-hybridized carbons (Fsp3) is 0.789. The van der Waals surface area contributed by atoms with Gasteiger partial charge in [0.15, 0.2) is 0 Å². The van der Waals surface area contributed by atoms with E-state index >= 15 is 0 Å². The number of aliphatic carboxylic acids is 2. The molecule has 2 atom stereocenters. The number of ketones is 2. The van der Waals surface area contributed by atoms with Gasteiger partial charge >= 0.3 is 40.4 Å². The zero-order valence-electron chi connectivity index (χ0n) is 18.2. The third kappa shape index (κ3) is 15.5. The van der Waals surface area contributed by atoms with Crippen molar-refractivity contribution in [3.05, 3.63) is 0 Å². The van der Waals surface area contributed by atoms with Crippen LogP contribution in [0.1, 0.15) is 69.2 Å². The fourth-order valence-corrected chi connectivity index (χ4v) is 2.26. The van der Waals surface area contributed by atoms with Gasteiger partial charge in [-0.25, -0.2) is 0 Å². The van der Waals surface area contributed by atoms with Crippen LogP contribution in [0.2, 0.25) is 0 Å². The predicted molar refractivity (Wildman–Crippen MR) is 99.2 cm³/mol. The first-order chi connectivity index (χ1) is 11.8. The topological polar surface area (TPSA) is 124 Å². The average Bonchev–Trinajstić information content (AvgIpc) is 2.33. The van der Waals surface area contributed by atoms with E-state index in [-0.39, 0.29) is 11.6 Å². The zero-order valence-corrected chi connectivity index (χ0v) is 19.3. The van der Waals surface area contributed by atoms with Gasteiger partial charge in [0, 0.05) is 0 Å². The Morgan fingerprint density at radius 2 is 0.926 bits per heavy atom. The molecule has 0 saturated heterocycles. The third-order valence-corrected chi connectivity index (χ3v) is 3.83. The van der Waals surface area contributed by atoms with E-state index in [0.29, 0.717) is 6.10 Å². The van der Waals surface area contributed by atoms with Crippen LogP contribution in [0.25, 0.3) is 0 Å². The van der Waals surface area contributed by atoms with Crippen LogP contribution in [-0.4, -0.2) is 46.2 Å². The third-order valence-electron chi connectivity index (χ3n) is 3.29. The molecule has 7 nitrogen and oxygen atoms in total. The van der Waals surface area contributed by atoms with Crippen LogP contribution in [0.5, 0.6) is 0 Å². The summed E-state index contributed by atoms with van der Waals surface area (Å²) in [4.78, 5) is 42.5. The van der Waals surface area contributed by atoms with Gasteiger partial charge in [-0.15, -0.1) is 0 Å². The number of hydrogen-bond donors (Lipinski definition) is 0. The van der Waals surface area contributed by atoms with Gasteiger partial charge in [0.05, 0.1) is 23.8 Å². The molecule has 0 spiro atoms. The van der Waals surface area contributed by atoms with Crippen molar-refractivity contribution >= 4 is 40.1 Å². The molecule has 0 aromatic rings. The van der Waals surface area contributed by atoms with Gasteiger partial charge in [0.1, 0.15) is 11.6 Å². The molecule has 0 aliphatic heterocycles. The fourth-order valence-electron chi connectivity index (χ4n) is 2.26. The summed E-state index contributed by atoms with van der Waals surface area (Å²) in [5, 5.41) is 20.9. The van der Waals surface area contributed by atoms with Gasteiger partial charge in [-0.1, -0.05) is 41.5 Å². The molecule has 0 amide bonds. The van der Waals surface area contributed by atoms with E-state index in [1.807, 2.05) is 13.8 Å². The Labute approximate surface area is 171 Å². The Hall–Kier alpha value is -1.23. The molecule has 0 aliphatic carbocycles. The molecule has 2 unspecified atom stereocenters. The van der Waals surface area contributed by atoms with Crippen molar-refractivity contribution in [1.29, 1.82) is 0 Å². The standard InChI is InChI=1S/2C8H14O3.C3H7O.Al/c2*1-5(9)6(7(10)11)8(2,3)4;1-3(2)4;/h2*6H,1-4H3,(H,10,11);3H,1-2H3;/q;;-1;+3/p-2. The minimum absolute atomic E-state index is 0.347. The van der Waals surface area contributed by atoms with E-state index in [4.69, 9.17) is 0 Å². The Morgan fingerprint density at radius 3 is 0.926 bits per heavy atom. The summed E-state index contributed by atoms with van der Waals surface area (Å²) in [6.45, 7) is 16.7. The molecule has 0 bridgehead atoms. The summed E-state index contributed by atoms with van der Waals surface area (Å²) in [7, 11) is 0. The number of hydrogen-bond acceptors (Lipinski definition) is 7. The quantitative estimate of drug-likeness (QED) is 0.485. The first kappa shape index (κ1) is 30.5. The van der Waals surface area contributed by atoms with Crippen molar-refractivity contribution in [2.24, 2.45) is 22.7 Å². The molecule has 0 aliphatic rings. The number of carbonyl (C=O) groups excluding carboxylic acids is 4. The molecular weight excluding hydrogens is 367 g/mol. The van der Waals surface area contributed by atoms with Crippen LogP contribution in [0.15, 0.2) is 0 Å². The number of carboxylic acid groups (broad SMARTS) is 2. The van der Waals surface area contributed by atoms with Crippen molar-refractivity contribution < 1.29 is 33.2 Å². The molecule has 0 rings (SSSR count). The van der Waals surface area contributed by atoms with Gasteiger partial charge in [-0.3, -0.25) is 9.59 Å². The van der Waals surface area contributed by atoms with Crippen molar-refractivity contribution in [1.82, 2.24) is 0 Å². The second-order valence-corrected chi connectivity index (χ2v) is 8.91. The molecule has 0 heterocycles. The maximum atomic E-state index is 10.8. The molecule has 0 aromatic heterocycles. The average molecular weight is 400 g/mol. The van der Waals surface area contributed by atoms with E-state index in [0.717, 1.165) is 0 Å². The summed E-state index contributed by atoms with van der Waals surface area (Å²) in [6.07, 6.45) is 0.347. The van der Waals surface area contributed by atoms with Gasteiger partial charge in [-0.05, 0) is 24.7 Å². The van der Waals surface area contributed by atoms with Crippen LogP contribution >= 0.6 is 0 Å². The van der Waals surface area contributed by atoms with Crippen molar-refractivity contribution in [2.75, 3.05) is 0 Å². The number of carboxylic acids is 2. The van der Waals surface area contributed by atoms with Crippen LogP contribution < -0.4 is 10.2 Å². The Morgan fingerprint density at radius 1 is 0.741 bits per heavy atom. The second-order valence-electron chi connectivity index (χ2n) is 8.64. The number of rotatable bonds is 5. The molecule has 0 aromatic carbocycles. The summed E-state index contributed by atoms with van der Waals surface area (Å²) in [5.74, 6) is -5.27. The molecule has 154 valence electrons.